The largest absolute Gasteiger partial charge is 0.497 e. The molecule has 40 heavy (non-hydrogen) atoms. The van der Waals surface area contributed by atoms with Crippen LogP contribution in [0.1, 0.15) is 49.8 Å². The van der Waals surface area contributed by atoms with Crippen molar-refractivity contribution in [3.8, 4) is 5.75 Å². The Morgan fingerprint density at radius 2 is 1.85 bits per heavy atom. The van der Waals surface area contributed by atoms with Crippen LogP contribution in [0.2, 0.25) is 0 Å². The van der Waals surface area contributed by atoms with Crippen molar-refractivity contribution in [2.24, 2.45) is 0 Å². The SMILES string of the molecule is COc1cccc(N(C(=O)Cn2nnc3ccccc32)C(C(=O)NCC2CCCO2)c2ccc(C(C)C)cc2)c1. The summed E-state index contributed by atoms with van der Waals surface area (Å²) in [5.41, 5.74) is 3.82. The molecule has 4 aromatic rings. The van der Waals surface area contributed by atoms with E-state index in [0.717, 1.165) is 23.9 Å². The van der Waals surface area contributed by atoms with E-state index in [2.05, 4.69) is 29.5 Å². The number of para-hydroxylation sites is 1. The first kappa shape index (κ1) is 27.3. The van der Waals surface area contributed by atoms with Crippen molar-refractivity contribution in [2.45, 2.75) is 51.3 Å². The fourth-order valence-corrected chi connectivity index (χ4v) is 5.03. The van der Waals surface area contributed by atoms with Crippen molar-refractivity contribution in [3.05, 3.63) is 83.9 Å². The number of ether oxygens (including phenoxy) is 2. The van der Waals surface area contributed by atoms with E-state index in [1.165, 1.54) is 4.90 Å². The lowest BCUT2D eigenvalue weighted by Gasteiger charge is -2.32. The molecule has 1 N–H and O–H groups in total. The molecule has 0 spiro atoms. The number of fused-ring (bicyclic) bond motifs is 1. The first-order valence-corrected chi connectivity index (χ1v) is 13.7. The number of rotatable bonds is 10. The van der Waals surface area contributed by atoms with Crippen molar-refractivity contribution in [3.63, 3.8) is 0 Å². The minimum atomic E-state index is -0.933. The lowest BCUT2D eigenvalue weighted by Crippen LogP contribution is -2.46. The van der Waals surface area contributed by atoms with E-state index in [0.29, 0.717) is 41.6 Å². The fourth-order valence-electron chi connectivity index (χ4n) is 5.03. The summed E-state index contributed by atoms with van der Waals surface area (Å²) < 4.78 is 12.8. The molecule has 208 valence electrons. The number of carbonyl (C=O) groups excluding carboxylic acids is 2. The minimum absolute atomic E-state index is 0.0320. The van der Waals surface area contributed by atoms with Crippen LogP contribution in [-0.4, -0.2) is 53.2 Å². The molecule has 0 saturated carbocycles. The van der Waals surface area contributed by atoms with Gasteiger partial charge in [0.05, 0.1) is 18.7 Å². The van der Waals surface area contributed by atoms with Crippen LogP contribution in [-0.2, 0) is 20.9 Å². The Kier molecular flexibility index (Phi) is 8.40. The summed E-state index contributed by atoms with van der Waals surface area (Å²) in [7, 11) is 1.57. The number of nitrogens with zero attached hydrogens (tertiary/aromatic N) is 4. The third kappa shape index (κ3) is 5.99. The molecule has 2 amide bonds. The van der Waals surface area contributed by atoms with Gasteiger partial charge in [-0.05, 0) is 54.2 Å². The summed E-state index contributed by atoms with van der Waals surface area (Å²) >= 11 is 0. The van der Waals surface area contributed by atoms with Gasteiger partial charge in [-0.15, -0.1) is 5.10 Å². The Bertz CT molecular complexity index is 1460. The maximum Gasteiger partial charge on any atom is 0.249 e. The van der Waals surface area contributed by atoms with Gasteiger partial charge in [-0.3, -0.25) is 14.5 Å². The molecule has 3 aromatic carbocycles. The molecule has 1 fully saturated rings. The molecule has 1 saturated heterocycles. The zero-order chi connectivity index (χ0) is 28.1. The van der Waals surface area contributed by atoms with Crippen molar-refractivity contribution >= 4 is 28.5 Å². The van der Waals surface area contributed by atoms with Crippen molar-refractivity contribution in [2.75, 3.05) is 25.2 Å². The highest BCUT2D eigenvalue weighted by atomic mass is 16.5. The topological polar surface area (TPSA) is 98.6 Å². The summed E-state index contributed by atoms with van der Waals surface area (Å²) in [6, 6.07) is 21.6. The van der Waals surface area contributed by atoms with Crippen LogP contribution in [0, 0.1) is 0 Å². The van der Waals surface area contributed by atoms with Gasteiger partial charge in [-0.1, -0.05) is 61.5 Å². The van der Waals surface area contributed by atoms with E-state index in [9.17, 15) is 9.59 Å². The average molecular weight is 542 g/mol. The molecule has 1 aromatic heterocycles. The molecule has 2 unspecified atom stereocenters. The van der Waals surface area contributed by atoms with Crippen LogP contribution in [0.15, 0.2) is 72.8 Å². The Balaban J connectivity index is 1.56. The lowest BCUT2D eigenvalue weighted by atomic mass is 9.97. The van der Waals surface area contributed by atoms with Crippen molar-refractivity contribution in [1.29, 1.82) is 0 Å². The number of aromatic nitrogens is 3. The van der Waals surface area contributed by atoms with Gasteiger partial charge in [0, 0.05) is 24.9 Å². The van der Waals surface area contributed by atoms with Gasteiger partial charge in [0.1, 0.15) is 23.9 Å². The fraction of sp³-hybridized carbons (Fsp3) is 0.355. The number of carbonyl (C=O) groups is 2. The number of hydrogen-bond donors (Lipinski definition) is 1. The number of anilines is 1. The number of nitrogens with one attached hydrogen (secondary N) is 1. The zero-order valence-electron chi connectivity index (χ0n) is 23.1. The van der Waals surface area contributed by atoms with Crippen LogP contribution < -0.4 is 15.0 Å². The second-order valence-corrected chi connectivity index (χ2v) is 10.3. The number of hydrogen-bond acceptors (Lipinski definition) is 6. The second-order valence-electron chi connectivity index (χ2n) is 10.3. The smallest absolute Gasteiger partial charge is 0.249 e. The monoisotopic (exact) mass is 541 g/mol. The van der Waals surface area contributed by atoms with Crippen molar-refractivity contribution in [1.82, 2.24) is 20.3 Å². The van der Waals surface area contributed by atoms with E-state index < -0.39 is 6.04 Å². The van der Waals surface area contributed by atoms with Crippen LogP contribution in [0.25, 0.3) is 11.0 Å². The first-order chi connectivity index (χ1) is 19.4. The molecule has 2 atom stereocenters. The van der Waals surface area contributed by atoms with E-state index in [4.69, 9.17) is 9.47 Å². The number of amides is 2. The van der Waals surface area contributed by atoms with Gasteiger partial charge in [0.25, 0.3) is 0 Å². The van der Waals surface area contributed by atoms with E-state index in [1.807, 2.05) is 60.7 Å². The Morgan fingerprint density at radius 1 is 1.07 bits per heavy atom. The van der Waals surface area contributed by atoms with Crippen LogP contribution in [0.4, 0.5) is 5.69 Å². The third-order valence-electron chi connectivity index (χ3n) is 7.26. The molecule has 2 heterocycles. The average Bonchev–Trinajstić information content (AvgIpc) is 3.65. The molecular weight excluding hydrogens is 506 g/mol. The molecule has 9 nitrogen and oxygen atoms in total. The van der Waals surface area contributed by atoms with E-state index in [1.54, 1.807) is 23.9 Å². The Labute approximate surface area is 234 Å². The summed E-state index contributed by atoms with van der Waals surface area (Å²) in [6.45, 7) is 5.22. The predicted octanol–water partition coefficient (Wildman–Crippen LogP) is 4.63. The molecule has 0 radical (unpaired) electrons. The van der Waals surface area contributed by atoms with Gasteiger partial charge >= 0.3 is 0 Å². The molecule has 0 aliphatic carbocycles. The molecule has 0 bridgehead atoms. The summed E-state index contributed by atoms with van der Waals surface area (Å²) in [5.74, 6) is 0.314. The molecule has 1 aliphatic rings. The van der Waals surface area contributed by atoms with Crippen LogP contribution in [0.5, 0.6) is 5.75 Å². The summed E-state index contributed by atoms with van der Waals surface area (Å²) in [4.78, 5) is 29.7. The highest BCUT2D eigenvalue weighted by molar-refractivity contribution is 6.01. The maximum absolute atomic E-state index is 14.2. The van der Waals surface area contributed by atoms with Crippen molar-refractivity contribution < 1.29 is 19.1 Å². The summed E-state index contributed by atoms with van der Waals surface area (Å²) in [5, 5.41) is 11.5. The number of methoxy groups -OCH3 is 1. The Morgan fingerprint density at radius 3 is 2.58 bits per heavy atom. The van der Waals surface area contributed by atoms with Gasteiger partial charge in [0.15, 0.2) is 0 Å². The van der Waals surface area contributed by atoms with E-state index >= 15 is 0 Å². The zero-order valence-corrected chi connectivity index (χ0v) is 23.1. The van der Waals surface area contributed by atoms with Gasteiger partial charge < -0.3 is 14.8 Å². The highest BCUT2D eigenvalue weighted by Gasteiger charge is 2.34. The van der Waals surface area contributed by atoms with E-state index in [-0.39, 0.29) is 24.5 Å². The quantitative estimate of drug-likeness (QED) is 0.314. The second kappa shape index (κ2) is 12.3. The maximum atomic E-state index is 14.2. The van der Waals surface area contributed by atoms with Crippen LogP contribution >= 0.6 is 0 Å². The molecule has 1 aliphatic heterocycles. The first-order valence-electron chi connectivity index (χ1n) is 13.7. The highest BCUT2D eigenvalue weighted by Crippen LogP contribution is 2.32. The minimum Gasteiger partial charge on any atom is -0.497 e. The Hall–Kier alpha value is -4.24. The standard InChI is InChI=1S/C31H35N5O4/c1-21(2)22-13-15-23(16-14-22)30(31(38)32-19-26-10-7-17-40-26)36(24-8-6-9-25(18-24)39-3)29(37)20-35-28-12-5-4-11-27(28)33-34-35/h4-6,8-9,11-16,18,21,26,30H,7,10,17,19-20H2,1-3H3,(H,32,38). The molecule has 5 rings (SSSR count). The van der Waals surface area contributed by atoms with Gasteiger partial charge in [-0.2, -0.15) is 0 Å². The van der Waals surface area contributed by atoms with Gasteiger partial charge in [-0.25, -0.2) is 4.68 Å². The normalized spacial score (nSPS) is 15.8. The number of benzene rings is 3. The molecular formula is C31H35N5O4. The third-order valence-corrected chi connectivity index (χ3v) is 7.26. The molecule has 9 heteroatoms. The van der Waals surface area contributed by atoms with Gasteiger partial charge in [0.2, 0.25) is 11.8 Å². The summed E-state index contributed by atoms with van der Waals surface area (Å²) in [6.07, 6.45) is 1.84. The van der Waals surface area contributed by atoms with Crippen LogP contribution in [0.3, 0.4) is 0 Å². The predicted molar refractivity (Wildman–Crippen MR) is 153 cm³/mol. The lowest BCUT2D eigenvalue weighted by molar-refractivity contribution is -0.127.